The summed E-state index contributed by atoms with van der Waals surface area (Å²) < 4.78 is 0. The van der Waals surface area contributed by atoms with E-state index in [0.717, 1.165) is 36.4 Å². The second-order valence-electron chi connectivity index (χ2n) is 7.28. The molecule has 1 aromatic rings. The number of fused-ring (bicyclic) bond motifs is 1. The molecule has 140 valence electrons. The SMILES string of the molecule is CCNCC1CCN(C(=O)C(C)N2C(=O)c3ccc(C)cc3C2=O)CC1. The predicted octanol–water partition coefficient (Wildman–Crippen LogP) is 1.83. The maximum atomic E-state index is 12.9. The standard InChI is InChI=1S/C20H27N3O3/c1-4-21-12-15-7-9-22(10-8-15)18(24)14(3)23-19(25)16-6-5-13(2)11-17(16)20(23)26/h5-6,11,14-15,21H,4,7-10,12H2,1-3H3. The quantitative estimate of drug-likeness (QED) is 0.816. The van der Waals surface area contributed by atoms with Crippen LogP contribution in [0, 0.1) is 12.8 Å². The van der Waals surface area contributed by atoms with Gasteiger partial charge >= 0.3 is 0 Å². The van der Waals surface area contributed by atoms with Gasteiger partial charge in [-0.1, -0.05) is 18.6 Å². The number of imide groups is 1. The monoisotopic (exact) mass is 357 g/mol. The van der Waals surface area contributed by atoms with Crippen molar-refractivity contribution >= 4 is 17.7 Å². The summed E-state index contributed by atoms with van der Waals surface area (Å²) >= 11 is 0. The second kappa shape index (κ2) is 7.58. The topological polar surface area (TPSA) is 69.7 Å². The molecule has 2 heterocycles. The summed E-state index contributed by atoms with van der Waals surface area (Å²) in [6, 6.07) is 4.44. The smallest absolute Gasteiger partial charge is 0.262 e. The third kappa shape index (κ3) is 3.38. The Kier molecular flexibility index (Phi) is 5.41. The van der Waals surface area contributed by atoms with Crippen molar-refractivity contribution in [2.45, 2.75) is 39.7 Å². The summed E-state index contributed by atoms with van der Waals surface area (Å²) in [5.41, 5.74) is 1.72. The lowest BCUT2D eigenvalue weighted by Crippen LogP contribution is -2.51. The summed E-state index contributed by atoms with van der Waals surface area (Å²) in [5, 5.41) is 3.35. The highest BCUT2D eigenvalue weighted by atomic mass is 16.2. The molecule has 1 saturated heterocycles. The van der Waals surface area contributed by atoms with Crippen LogP contribution in [-0.4, -0.2) is 59.7 Å². The van der Waals surface area contributed by atoms with E-state index in [4.69, 9.17) is 0 Å². The van der Waals surface area contributed by atoms with E-state index in [9.17, 15) is 14.4 Å². The molecule has 0 saturated carbocycles. The van der Waals surface area contributed by atoms with Crippen molar-refractivity contribution in [3.05, 3.63) is 34.9 Å². The number of likely N-dealkylation sites (tertiary alicyclic amines) is 1. The number of carbonyl (C=O) groups excluding carboxylic acids is 3. The van der Waals surface area contributed by atoms with E-state index in [1.807, 2.05) is 13.0 Å². The Morgan fingerprint density at radius 3 is 2.50 bits per heavy atom. The van der Waals surface area contributed by atoms with Crippen molar-refractivity contribution in [2.24, 2.45) is 5.92 Å². The molecule has 0 spiro atoms. The molecule has 2 aliphatic rings. The molecular formula is C20H27N3O3. The molecule has 1 N–H and O–H groups in total. The number of rotatable bonds is 5. The van der Waals surface area contributed by atoms with Gasteiger partial charge in [0.1, 0.15) is 6.04 Å². The minimum atomic E-state index is -0.770. The van der Waals surface area contributed by atoms with Crippen LogP contribution in [0.25, 0.3) is 0 Å². The molecule has 1 unspecified atom stereocenters. The van der Waals surface area contributed by atoms with Crippen molar-refractivity contribution in [1.82, 2.24) is 15.1 Å². The maximum Gasteiger partial charge on any atom is 0.262 e. The van der Waals surface area contributed by atoms with Gasteiger partial charge in [-0.05, 0) is 57.8 Å². The Balaban J connectivity index is 1.66. The lowest BCUT2D eigenvalue weighted by molar-refractivity contribution is -0.136. The first-order valence-electron chi connectivity index (χ1n) is 9.42. The van der Waals surface area contributed by atoms with Crippen LogP contribution in [0.4, 0.5) is 0 Å². The fourth-order valence-corrected chi connectivity index (χ4v) is 3.81. The van der Waals surface area contributed by atoms with Crippen LogP contribution in [0.1, 0.15) is 53.0 Å². The van der Waals surface area contributed by atoms with Crippen molar-refractivity contribution in [2.75, 3.05) is 26.2 Å². The summed E-state index contributed by atoms with van der Waals surface area (Å²) in [6.07, 6.45) is 1.90. The molecule has 6 nitrogen and oxygen atoms in total. The molecule has 26 heavy (non-hydrogen) atoms. The average molecular weight is 357 g/mol. The first-order chi connectivity index (χ1) is 12.4. The Labute approximate surface area is 154 Å². The Hall–Kier alpha value is -2.21. The largest absolute Gasteiger partial charge is 0.341 e. The van der Waals surface area contributed by atoms with Gasteiger partial charge in [-0.25, -0.2) is 0 Å². The van der Waals surface area contributed by atoms with Crippen molar-refractivity contribution in [3.8, 4) is 0 Å². The Morgan fingerprint density at radius 1 is 1.19 bits per heavy atom. The molecule has 0 aromatic heterocycles. The highest BCUT2D eigenvalue weighted by Crippen LogP contribution is 2.27. The number of hydrogen-bond donors (Lipinski definition) is 1. The van der Waals surface area contributed by atoms with Gasteiger partial charge in [-0.15, -0.1) is 0 Å². The first kappa shape index (κ1) is 18.6. The van der Waals surface area contributed by atoms with Gasteiger partial charge in [0, 0.05) is 13.1 Å². The van der Waals surface area contributed by atoms with Gasteiger partial charge in [0.2, 0.25) is 5.91 Å². The molecule has 0 radical (unpaired) electrons. The van der Waals surface area contributed by atoms with Crippen LogP contribution in [-0.2, 0) is 4.79 Å². The number of aryl methyl sites for hydroxylation is 1. The van der Waals surface area contributed by atoms with E-state index in [0.29, 0.717) is 30.1 Å². The van der Waals surface area contributed by atoms with Gasteiger partial charge < -0.3 is 10.2 Å². The third-order valence-electron chi connectivity index (χ3n) is 5.43. The van der Waals surface area contributed by atoms with Crippen LogP contribution in [0.15, 0.2) is 18.2 Å². The van der Waals surface area contributed by atoms with Crippen LogP contribution >= 0.6 is 0 Å². The van der Waals surface area contributed by atoms with Crippen LogP contribution in [0.2, 0.25) is 0 Å². The van der Waals surface area contributed by atoms with Gasteiger partial charge in [-0.3, -0.25) is 19.3 Å². The minimum absolute atomic E-state index is 0.141. The second-order valence-corrected chi connectivity index (χ2v) is 7.28. The van der Waals surface area contributed by atoms with E-state index >= 15 is 0 Å². The fourth-order valence-electron chi connectivity index (χ4n) is 3.81. The fraction of sp³-hybridized carbons (Fsp3) is 0.550. The molecule has 1 aromatic carbocycles. The van der Waals surface area contributed by atoms with E-state index in [2.05, 4.69) is 12.2 Å². The summed E-state index contributed by atoms with van der Waals surface area (Å²) in [6.45, 7) is 8.92. The number of benzene rings is 1. The minimum Gasteiger partial charge on any atom is -0.341 e. The van der Waals surface area contributed by atoms with Crippen LogP contribution in [0.3, 0.4) is 0 Å². The Morgan fingerprint density at radius 2 is 1.85 bits per heavy atom. The van der Waals surface area contributed by atoms with Crippen LogP contribution < -0.4 is 5.32 Å². The number of carbonyl (C=O) groups is 3. The lowest BCUT2D eigenvalue weighted by atomic mass is 9.96. The zero-order chi connectivity index (χ0) is 18.8. The third-order valence-corrected chi connectivity index (χ3v) is 5.43. The van der Waals surface area contributed by atoms with E-state index in [-0.39, 0.29) is 17.7 Å². The summed E-state index contributed by atoms with van der Waals surface area (Å²) in [7, 11) is 0. The van der Waals surface area contributed by atoms with E-state index in [1.54, 1.807) is 24.0 Å². The molecule has 3 rings (SSSR count). The molecule has 0 aliphatic carbocycles. The van der Waals surface area contributed by atoms with Gasteiger partial charge in [-0.2, -0.15) is 0 Å². The van der Waals surface area contributed by atoms with E-state index < -0.39 is 6.04 Å². The predicted molar refractivity (Wildman–Crippen MR) is 99.0 cm³/mol. The maximum absolute atomic E-state index is 12.9. The van der Waals surface area contributed by atoms with Crippen molar-refractivity contribution in [1.29, 1.82) is 0 Å². The molecule has 1 fully saturated rings. The number of nitrogens with zero attached hydrogens (tertiary/aromatic N) is 2. The van der Waals surface area contributed by atoms with E-state index in [1.165, 1.54) is 0 Å². The number of piperidine rings is 1. The molecular weight excluding hydrogens is 330 g/mol. The van der Waals surface area contributed by atoms with Gasteiger partial charge in [0.25, 0.3) is 11.8 Å². The molecule has 1 atom stereocenters. The zero-order valence-electron chi connectivity index (χ0n) is 15.7. The molecule has 6 heteroatoms. The van der Waals surface area contributed by atoms with Gasteiger partial charge in [0.15, 0.2) is 0 Å². The number of nitrogens with one attached hydrogen (secondary N) is 1. The van der Waals surface area contributed by atoms with Crippen molar-refractivity contribution in [3.63, 3.8) is 0 Å². The van der Waals surface area contributed by atoms with Gasteiger partial charge in [0.05, 0.1) is 11.1 Å². The first-order valence-corrected chi connectivity index (χ1v) is 9.42. The highest BCUT2D eigenvalue weighted by Gasteiger charge is 2.42. The highest BCUT2D eigenvalue weighted by molar-refractivity contribution is 6.22. The normalized spacial score (nSPS) is 19.0. The summed E-state index contributed by atoms with van der Waals surface area (Å²) in [5.74, 6) is -0.292. The lowest BCUT2D eigenvalue weighted by Gasteiger charge is -2.35. The molecule has 3 amide bonds. The average Bonchev–Trinajstić information content (AvgIpc) is 2.89. The zero-order valence-corrected chi connectivity index (χ0v) is 15.7. The Bertz CT molecular complexity index is 723. The summed E-state index contributed by atoms with van der Waals surface area (Å²) in [4.78, 5) is 41.1. The van der Waals surface area contributed by atoms with Crippen molar-refractivity contribution < 1.29 is 14.4 Å². The molecule has 2 aliphatic heterocycles. The number of hydrogen-bond acceptors (Lipinski definition) is 4. The molecule has 0 bridgehead atoms. The van der Waals surface area contributed by atoms with Crippen LogP contribution in [0.5, 0.6) is 0 Å². The number of amides is 3.